The van der Waals surface area contributed by atoms with Crippen molar-refractivity contribution in [2.45, 2.75) is 37.0 Å². The Kier molecular flexibility index (Phi) is 5.25. The van der Waals surface area contributed by atoms with Crippen LogP contribution in [-0.2, 0) is 10.2 Å². The van der Waals surface area contributed by atoms with Gasteiger partial charge in [-0.2, -0.15) is 10.4 Å². The van der Waals surface area contributed by atoms with Gasteiger partial charge in [-0.15, -0.1) is 0 Å². The molecule has 2 aromatic rings. The van der Waals surface area contributed by atoms with Gasteiger partial charge in [0.1, 0.15) is 22.5 Å². The van der Waals surface area contributed by atoms with E-state index in [9.17, 15) is 34.6 Å². The number of hydrogen-bond donors (Lipinski definition) is 2. The second kappa shape index (κ2) is 6.88. The molecule has 1 aromatic heterocycles. The number of nitrogens with one attached hydrogen (secondary N) is 1. The molecule has 6 nitrogen and oxygen atoms in total. The van der Waals surface area contributed by atoms with Crippen LogP contribution in [-0.4, -0.2) is 27.4 Å². The molecule has 0 atom stereocenters. The van der Waals surface area contributed by atoms with E-state index in [1.54, 1.807) is 6.07 Å². The molecule has 176 valence electrons. The largest absolute Gasteiger partial charge is 0.481 e. The van der Waals surface area contributed by atoms with E-state index in [1.807, 2.05) is 13.8 Å². The van der Waals surface area contributed by atoms with Gasteiger partial charge in [-0.3, -0.25) is 4.79 Å². The lowest BCUT2D eigenvalue weighted by Gasteiger charge is -2.40. The number of nitrogens with zero attached hydrogens (tertiary/aromatic N) is 3. The van der Waals surface area contributed by atoms with Gasteiger partial charge < -0.3 is 10.4 Å². The number of nitriles is 1. The zero-order valence-electron chi connectivity index (χ0n) is 16.6. The summed E-state index contributed by atoms with van der Waals surface area (Å²) < 4.78 is 67.1. The minimum Gasteiger partial charge on any atom is -0.481 e. The Morgan fingerprint density at radius 1 is 1.28 bits per heavy atom. The number of aliphatic carboxylic acids is 1. The van der Waals surface area contributed by atoms with Crippen molar-refractivity contribution in [2.75, 3.05) is 11.9 Å². The van der Waals surface area contributed by atoms with Crippen LogP contribution in [0.3, 0.4) is 0 Å². The highest BCUT2D eigenvalue weighted by molar-refractivity contribution is 8.45. The Bertz CT molecular complexity index is 1150. The van der Waals surface area contributed by atoms with Crippen LogP contribution in [0.5, 0.6) is 0 Å². The molecule has 0 amide bonds. The first kappa shape index (κ1) is 24.4. The van der Waals surface area contributed by atoms with Crippen LogP contribution < -0.4 is 5.32 Å². The summed E-state index contributed by atoms with van der Waals surface area (Å²) in [6.45, 7) is 3.95. The van der Waals surface area contributed by atoms with E-state index in [1.165, 1.54) is 0 Å². The third-order valence-corrected chi connectivity index (χ3v) is 6.66. The number of carboxylic acid groups (broad SMARTS) is 1. The zero-order chi connectivity index (χ0) is 24.3. The molecule has 0 aliphatic heterocycles. The first-order chi connectivity index (χ1) is 14.4. The maximum absolute atomic E-state index is 13.2. The standard InChI is InChI=1S/C18H17Cl2F5N4O2S/c1-9(2)8-27-16-14(18(3-4-18)17(30)31)13(7-26)28-29(16)15-11(19)5-10(6-12(15)20)32(21,22,23,24)25/h5-6,9,27H,3-4,8H2,1-2H3,(H,30,31). The van der Waals surface area contributed by atoms with E-state index in [0.29, 0.717) is 0 Å². The van der Waals surface area contributed by atoms with Crippen molar-refractivity contribution in [1.29, 1.82) is 5.26 Å². The summed E-state index contributed by atoms with van der Waals surface area (Å²) in [5.74, 6) is -1.16. The normalized spacial score (nSPS) is 17.4. The van der Waals surface area contributed by atoms with E-state index < -0.39 is 42.2 Å². The van der Waals surface area contributed by atoms with Gasteiger partial charge in [-0.05, 0) is 30.9 Å². The Hall–Kier alpha value is -2.23. The van der Waals surface area contributed by atoms with Crippen molar-refractivity contribution in [2.24, 2.45) is 5.92 Å². The highest BCUT2D eigenvalue weighted by Gasteiger charge is 2.65. The van der Waals surface area contributed by atoms with Crippen LogP contribution in [0.25, 0.3) is 5.69 Å². The van der Waals surface area contributed by atoms with Crippen molar-refractivity contribution in [1.82, 2.24) is 9.78 Å². The predicted molar refractivity (Wildman–Crippen MR) is 112 cm³/mol. The third-order valence-electron chi connectivity index (χ3n) is 4.95. The molecule has 1 aliphatic carbocycles. The number of hydrogen-bond acceptors (Lipinski definition) is 4. The Labute approximate surface area is 189 Å². The van der Waals surface area contributed by atoms with Crippen LogP contribution in [0.2, 0.25) is 10.0 Å². The highest BCUT2D eigenvalue weighted by Crippen LogP contribution is 3.02. The fourth-order valence-corrected chi connectivity index (χ4v) is 4.70. The zero-order valence-corrected chi connectivity index (χ0v) is 18.9. The third kappa shape index (κ3) is 4.33. The lowest BCUT2D eigenvalue weighted by atomic mass is 9.95. The molecule has 0 saturated heterocycles. The lowest BCUT2D eigenvalue weighted by Crippen LogP contribution is -2.23. The van der Waals surface area contributed by atoms with Crippen molar-refractivity contribution in [3.63, 3.8) is 0 Å². The second-order valence-corrected chi connectivity index (χ2v) is 11.2. The van der Waals surface area contributed by atoms with Crippen molar-refractivity contribution >= 4 is 45.2 Å². The molecule has 32 heavy (non-hydrogen) atoms. The first-order valence-corrected chi connectivity index (χ1v) is 11.9. The van der Waals surface area contributed by atoms with Crippen LogP contribution in [0.4, 0.5) is 25.2 Å². The van der Waals surface area contributed by atoms with E-state index in [4.69, 9.17) is 23.2 Å². The summed E-state index contributed by atoms with van der Waals surface area (Å²) in [6.07, 6.45) is 0.424. The quantitative estimate of drug-likeness (QED) is 0.389. The molecule has 0 bridgehead atoms. The van der Waals surface area contributed by atoms with Gasteiger partial charge >= 0.3 is 16.2 Å². The lowest BCUT2D eigenvalue weighted by molar-refractivity contribution is -0.140. The number of carbonyl (C=O) groups is 1. The summed E-state index contributed by atoms with van der Waals surface area (Å²) >= 11 is 11.9. The number of aromatic nitrogens is 2. The number of halogens is 7. The van der Waals surface area contributed by atoms with E-state index in [2.05, 4.69) is 10.4 Å². The second-order valence-electron chi connectivity index (χ2n) is 7.96. The van der Waals surface area contributed by atoms with Gasteiger partial charge in [0.2, 0.25) is 0 Å². The molecule has 1 heterocycles. The highest BCUT2D eigenvalue weighted by atomic mass is 35.5. The van der Waals surface area contributed by atoms with Gasteiger partial charge in [0, 0.05) is 6.54 Å². The Morgan fingerprint density at radius 3 is 2.19 bits per heavy atom. The maximum atomic E-state index is 13.2. The number of carboxylic acids is 1. The minimum atomic E-state index is -10.1. The summed E-state index contributed by atoms with van der Waals surface area (Å²) in [6, 6.07) is 1.86. The van der Waals surface area contributed by atoms with Gasteiger partial charge in [0.15, 0.2) is 5.69 Å². The van der Waals surface area contributed by atoms with Gasteiger partial charge in [-0.1, -0.05) is 56.5 Å². The number of rotatable bonds is 7. The first-order valence-electron chi connectivity index (χ1n) is 9.15. The average Bonchev–Trinajstić information content (AvgIpc) is 3.34. The molecule has 1 aliphatic rings. The topological polar surface area (TPSA) is 90.9 Å². The summed E-state index contributed by atoms with van der Waals surface area (Å²) in [5, 5.41) is 24.6. The molecule has 14 heteroatoms. The van der Waals surface area contributed by atoms with E-state index in [-0.39, 0.29) is 54.5 Å². The van der Waals surface area contributed by atoms with Gasteiger partial charge in [0.05, 0.1) is 21.0 Å². The SMILES string of the molecule is CC(C)CNc1c(C2(C(=O)O)CC2)c(C#N)nn1-c1c(Cl)cc(S(F)(F)(F)(F)F)cc1Cl. The van der Waals surface area contributed by atoms with E-state index in [0.717, 1.165) is 4.68 Å². The summed E-state index contributed by atoms with van der Waals surface area (Å²) in [5.41, 5.74) is -2.06. The molecule has 1 fully saturated rings. The molecule has 2 N–H and O–H groups in total. The smallest absolute Gasteiger partial charge is 0.314 e. The maximum Gasteiger partial charge on any atom is 0.314 e. The average molecular weight is 519 g/mol. The molecule has 3 rings (SSSR count). The summed E-state index contributed by atoms with van der Waals surface area (Å²) in [7, 11) is -10.1. The number of benzene rings is 1. The minimum absolute atomic E-state index is 0.000889. The van der Waals surface area contributed by atoms with Crippen molar-refractivity contribution < 1.29 is 29.3 Å². The fourth-order valence-electron chi connectivity index (χ4n) is 3.24. The van der Waals surface area contributed by atoms with Gasteiger partial charge in [-0.25, -0.2) is 4.68 Å². The molecule has 1 saturated carbocycles. The molecule has 1 aromatic carbocycles. The number of anilines is 1. The van der Waals surface area contributed by atoms with Crippen LogP contribution >= 0.6 is 33.4 Å². The monoisotopic (exact) mass is 518 g/mol. The molecule has 0 unspecified atom stereocenters. The van der Waals surface area contributed by atoms with Crippen molar-refractivity contribution in [3.8, 4) is 11.8 Å². The summed E-state index contributed by atoms with van der Waals surface area (Å²) in [4.78, 5) is 9.64. The molecular formula is C18H17Cl2F5N4O2S. The van der Waals surface area contributed by atoms with Crippen LogP contribution in [0.1, 0.15) is 37.9 Å². The van der Waals surface area contributed by atoms with Crippen molar-refractivity contribution in [3.05, 3.63) is 33.4 Å². The fraction of sp³-hybridized carbons (Fsp3) is 0.389. The molecule has 0 radical (unpaired) electrons. The molecular weight excluding hydrogens is 502 g/mol. The van der Waals surface area contributed by atoms with Crippen LogP contribution in [0, 0.1) is 17.2 Å². The Morgan fingerprint density at radius 2 is 1.81 bits per heavy atom. The Balaban J connectivity index is 2.31. The predicted octanol–water partition coefficient (Wildman–Crippen LogP) is 6.89. The molecule has 0 spiro atoms. The van der Waals surface area contributed by atoms with E-state index >= 15 is 0 Å². The van der Waals surface area contributed by atoms with Gasteiger partial charge in [0.25, 0.3) is 0 Å². The van der Waals surface area contributed by atoms with Crippen LogP contribution in [0.15, 0.2) is 17.0 Å².